The molecule has 0 unspecified atom stereocenters. The molecule has 0 atom stereocenters. The molecule has 9 aromatic carbocycles. The van der Waals surface area contributed by atoms with Crippen molar-refractivity contribution in [3.63, 3.8) is 0 Å². The summed E-state index contributed by atoms with van der Waals surface area (Å²) in [7, 11) is 0. The van der Waals surface area contributed by atoms with Gasteiger partial charge in [-0.2, -0.15) is 0 Å². The Morgan fingerprint density at radius 3 is 1.33 bits per heavy atom. The summed E-state index contributed by atoms with van der Waals surface area (Å²) in [4.78, 5) is 15.6. The minimum absolute atomic E-state index is 0.517. The number of aromatic nitrogens is 3. The van der Waals surface area contributed by atoms with Crippen molar-refractivity contribution in [2.45, 2.75) is 10.8 Å². The fourth-order valence-corrected chi connectivity index (χ4v) is 12.9. The van der Waals surface area contributed by atoms with Crippen molar-refractivity contribution in [1.29, 1.82) is 0 Å². The molecular weight excluding hydrogens is 783 g/mol. The SMILES string of the molecule is c1ccc(-c2nc(-c3ccccc3)nc(-c3ccc4c(c3)C3(c5ccccc5C5(c6ccccc6-c6ccccc65)c5ccccc53)c3ccc5c(sc6ccccc65)c3-4)n2)cc1. The molecule has 0 amide bonds. The zero-order valence-electron chi connectivity index (χ0n) is 34.0. The van der Waals surface area contributed by atoms with Gasteiger partial charge in [-0.1, -0.05) is 200 Å². The van der Waals surface area contributed by atoms with Crippen LogP contribution in [0.4, 0.5) is 0 Å². The molecule has 0 radical (unpaired) electrons. The monoisotopic (exact) mass is 817 g/mol. The average Bonchev–Trinajstić information content (AvgIpc) is 3.99. The molecule has 3 nitrogen and oxygen atoms in total. The number of benzene rings is 9. The van der Waals surface area contributed by atoms with Gasteiger partial charge in [0, 0.05) is 42.4 Å². The summed E-state index contributed by atoms with van der Waals surface area (Å²) < 4.78 is 2.62. The lowest BCUT2D eigenvalue weighted by Crippen LogP contribution is -2.43. The summed E-state index contributed by atoms with van der Waals surface area (Å²) in [6.07, 6.45) is 0. The Hall–Kier alpha value is -7.79. The number of hydrogen-bond donors (Lipinski definition) is 0. The molecular formula is C59H35N3S. The summed E-state index contributed by atoms with van der Waals surface area (Å²) in [6.45, 7) is 0. The molecule has 0 N–H and O–H groups in total. The second-order valence-corrected chi connectivity index (χ2v) is 18.0. The van der Waals surface area contributed by atoms with Crippen molar-refractivity contribution < 1.29 is 0 Å². The first-order chi connectivity index (χ1) is 31.2. The number of nitrogens with zero attached hydrogens (tertiary/aromatic N) is 3. The van der Waals surface area contributed by atoms with Gasteiger partial charge in [-0.05, 0) is 73.3 Å². The molecule has 2 aromatic heterocycles. The molecule has 0 bridgehead atoms. The maximum absolute atomic E-state index is 5.26. The van der Waals surface area contributed by atoms with Crippen molar-refractivity contribution >= 4 is 31.5 Å². The van der Waals surface area contributed by atoms with E-state index in [4.69, 9.17) is 15.0 Å². The lowest BCUT2D eigenvalue weighted by atomic mass is 9.52. The van der Waals surface area contributed by atoms with Crippen LogP contribution in [0.3, 0.4) is 0 Å². The Balaban J connectivity index is 1.12. The molecule has 2 heterocycles. The summed E-state index contributed by atoms with van der Waals surface area (Å²) in [5.41, 5.74) is 17.3. The van der Waals surface area contributed by atoms with Gasteiger partial charge < -0.3 is 0 Å². The van der Waals surface area contributed by atoms with Crippen LogP contribution in [0.15, 0.2) is 212 Å². The molecule has 0 saturated heterocycles. The second-order valence-electron chi connectivity index (χ2n) is 16.9. The summed E-state index contributed by atoms with van der Waals surface area (Å²) in [5.74, 6) is 1.95. The maximum Gasteiger partial charge on any atom is 0.164 e. The largest absolute Gasteiger partial charge is 0.208 e. The zero-order valence-corrected chi connectivity index (χ0v) is 34.8. The van der Waals surface area contributed by atoms with E-state index >= 15 is 0 Å². The van der Waals surface area contributed by atoms with E-state index in [1.807, 2.05) is 47.7 Å². The Morgan fingerprint density at radius 1 is 0.302 bits per heavy atom. The summed E-state index contributed by atoms with van der Waals surface area (Å²) in [5, 5.41) is 2.60. The van der Waals surface area contributed by atoms with Crippen LogP contribution in [-0.2, 0) is 10.8 Å². The molecule has 2 spiro atoms. The van der Waals surface area contributed by atoms with Gasteiger partial charge in [0.05, 0.1) is 10.8 Å². The van der Waals surface area contributed by atoms with Crippen LogP contribution >= 0.6 is 11.3 Å². The Kier molecular flexibility index (Phi) is 7.12. The van der Waals surface area contributed by atoms with Gasteiger partial charge in [-0.15, -0.1) is 11.3 Å². The molecule has 3 aliphatic rings. The number of fused-ring (bicyclic) bond motifs is 20. The third-order valence-corrected chi connectivity index (χ3v) is 15.2. The van der Waals surface area contributed by atoms with E-state index in [0.717, 1.165) is 16.7 Å². The quantitative estimate of drug-likeness (QED) is 0.178. The number of thiophene rings is 1. The first-order valence-corrected chi connectivity index (χ1v) is 22.4. The molecule has 0 aliphatic heterocycles. The lowest BCUT2D eigenvalue weighted by molar-refractivity contribution is 0.633. The van der Waals surface area contributed by atoms with Crippen molar-refractivity contribution in [3.8, 4) is 56.4 Å². The van der Waals surface area contributed by atoms with Crippen molar-refractivity contribution in [2.75, 3.05) is 0 Å². The van der Waals surface area contributed by atoms with Crippen LogP contribution in [0.25, 0.3) is 76.6 Å². The smallest absolute Gasteiger partial charge is 0.164 e. The van der Waals surface area contributed by atoms with E-state index in [1.54, 1.807) is 0 Å². The highest BCUT2D eigenvalue weighted by Gasteiger charge is 2.59. The van der Waals surface area contributed by atoms with E-state index in [1.165, 1.54) is 86.9 Å². The van der Waals surface area contributed by atoms with Gasteiger partial charge in [0.1, 0.15) is 0 Å². The molecule has 0 saturated carbocycles. The predicted octanol–water partition coefficient (Wildman–Crippen LogP) is 14.3. The molecule has 292 valence electrons. The molecule has 11 aromatic rings. The van der Waals surface area contributed by atoms with Gasteiger partial charge in [0.25, 0.3) is 0 Å². The summed E-state index contributed by atoms with van der Waals surface area (Å²) in [6, 6.07) is 78.0. The van der Waals surface area contributed by atoms with Crippen LogP contribution in [0.5, 0.6) is 0 Å². The van der Waals surface area contributed by atoms with Gasteiger partial charge in [-0.25, -0.2) is 15.0 Å². The predicted molar refractivity (Wildman–Crippen MR) is 257 cm³/mol. The average molecular weight is 818 g/mol. The first-order valence-electron chi connectivity index (χ1n) is 21.6. The molecule has 14 rings (SSSR count). The van der Waals surface area contributed by atoms with E-state index in [-0.39, 0.29) is 0 Å². The topological polar surface area (TPSA) is 38.7 Å². The van der Waals surface area contributed by atoms with Crippen LogP contribution in [0.2, 0.25) is 0 Å². The fraction of sp³-hybridized carbons (Fsp3) is 0.0339. The minimum Gasteiger partial charge on any atom is -0.208 e. The van der Waals surface area contributed by atoms with Gasteiger partial charge in [-0.3, -0.25) is 0 Å². The Morgan fingerprint density at radius 2 is 0.762 bits per heavy atom. The molecule has 63 heavy (non-hydrogen) atoms. The molecule has 3 aliphatic carbocycles. The number of rotatable bonds is 3. The standard InChI is InChI=1S/C59H35N3S/c1-3-17-36(18-4-1)55-60-56(37-19-5-2-6-20-37)62-57(61-55)38-31-32-43-51(35-38)59(50-34-33-42-41-23-9-16-30-52(41)63-54(42)53(43)50)48-28-14-12-26-46(48)58(47-27-13-15-29-49(47)59)44-24-10-7-21-39(44)40-22-8-11-25-45(40)58/h1-35H. The first kappa shape index (κ1) is 34.9. The Labute approximate surface area is 368 Å². The van der Waals surface area contributed by atoms with Crippen LogP contribution in [-0.4, -0.2) is 15.0 Å². The number of hydrogen-bond acceptors (Lipinski definition) is 4. The van der Waals surface area contributed by atoms with Gasteiger partial charge >= 0.3 is 0 Å². The molecule has 0 fully saturated rings. The third-order valence-electron chi connectivity index (χ3n) is 14.0. The van der Waals surface area contributed by atoms with Crippen molar-refractivity contribution in [1.82, 2.24) is 15.0 Å². The fourth-order valence-electron chi connectivity index (χ4n) is 11.6. The van der Waals surface area contributed by atoms with E-state index in [0.29, 0.717) is 17.5 Å². The van der Waals surface area contributed by atoms with Crippen molar-refractivity contribution in [3.05, 3.63) is 257 Å². The van der Waals surface area contributed by atoms with Crippen LogP contribution in [0, 0.1) is 0 Å². The minimum atomic E-state index is -0.659. The highest BCUT2D eigenvalue weighted by Crippen LogP contribution is 2.68. The normalized spacial score (nSPS) is 14.3. The third kappa shape index (κ3) is 4.50. The Bertz CT molecular complexity index is 3550. The van der Waals surface area contributed by atoms with Crippen LogP contribution < -0.4 is 0 Å². The van der Waals surface area contributed by atoms with Gasteiger partial charge in [0.2, 0.25) is 0 Å². The van der Waals surface area contributed by atoms with Crippen LogP contribution in [0.1, 0.15) is 44.5 Å². The van der Waals surface area contributed by atoms with Crippen molar-refractivity contribution in [2.24, 2.45) is 0 Å². The highest BCUT2D eigenvalue weighted by atomic mass is 32.1. The van der Waals surface area contributed by atoms with E-state index < -0.39 is 10.8 Å². The molecule has 4 heteroatoms. The highest BCUT2D eigenvalue weighted by molar-refractivity contribution is 7.26. The maximum atomic E-state index is 5.26. The second kappa shape index (κ2) is 12.9. The zero-order chi connectivity index (χ0) is 41.3. The van der Waals surface area contributed by atoms with E-state index in [2.05, 4.69) is 176 Å². The summed E-state index contributed by atoms with van der Waals surface area (Å²) >= 11 is 1.91. The van der Waals surface area contributed by atoms with Gasteiger partial charge in [0.15, 0.2) is 17.5 Å². The van der Waals surface area contributed by atoms with E-state index in [9.17, 15) is 0 Å². The lowest BCUT2D eigenvalue weighted by Gasteiger charge is -2.48.